The number of hydrogen-bond acceptors (Lipinski definition) is 4. The van der Waals surface area contributed by atoms with Crippen LogP contribution in [0.2, 0.25) is 0 Å². The summed E-state index contributed by atoms with van der Waals surface area (Å²) >= 11 is 0. The highest BCUT2D eigenvalue weighted by Gasteiger charge is 2.33. The van der Waals surface area contributed by atoms with Crippen molar-refractivity contribution in [2.24, 2.45) is 0 Å². The van der Waals surface area contributed by atoms with Crippen molar-refractivity contribution in [2.45, 2.75) is 26.7 Å². The van der Waals surface area contributed by atoms with Gasteiger partial charge in [0.05, 0.1) is 12.8 Å². The van der Waals surface area contributed by atoms with Crippen molar-refractivity contribution in [3.8, 4) is 11.5 Å². The van der Waals surface area contributed by atoms with E-state index in [9.17, 15) is 9.59 Å². The van der Waals surface area contributed by atoms with Crippen molar-refractivity contribution in [3.63, 3.8) is 0 Å². The summed E-state index contributed by atoms with van der Waals surface area (Å²) in [5.74, 6) is 0.770. The molecule has 0 aliphatic carbocycles. The molecular formula is C12H10O4. The third kappa shape index (κ3) is 1.04. The number of esters is 2. The van der Waals surface area contributed by atoms with E-state index < -0.39 is 0 Å². The van der Waals surface area contributed by atoms with Crippen LogP contribution in [0.25, 0.3) is 0 Å². The fourth-order valence-electron chi connectivity index (χ4n) is 2.36. The molecule has 0 saturated carbocycles. The van der Waals surface area contributed by atoms with Gasteiger partial charge in [0.15, 0.2) is 0 Å². The van der Waals surface area contributed by atoms with Gasteiger partial charge in [-0.25, -0.2) is 0 Å². The number of ether oxygens (including phenoxy) is 2. The maximum Gasteiger partial charge on any atom is 0.315 e. The van der Waals surface area contributed by atoms with Gasteiger partial charge in [-0.2, -0.15) is 0 Å². The number of hydrogen-bond donors (Lipinski definition) is 0. The van der Waals surface area contributed by atoms with E-state index in [1.165, 1.54) is 0 Å². The molecule has 82 valence electrons. The molecule has 2 aliphatic rings. The average Bonchev–Trinajstić information content (AvgIpc) is 2.78. The van der Waals surface area contributed by atoms with E-state index in [1.807, 2.05) is 13.8 Å². The zero-order chi connectivity index (χ0) is 11.4. The van der Waals surface area contributed by atoms with Gasteiger partial charge in [-0.05, 0) is 25.0 Å². The molecule has 0 amide bonds. The summed E-state index contributed by atoms with van der Waals surface area (Å²) < 4.78 is 10.3. The first-order valence-corrected chi connectivity index (χ1v) is 5.14. The van der Waals surface area contributed by atoms with Gasteiger partial charge in [0.2, 0.25) is 0 Å². The standard InChI is InChI=1S/C12H10O4/c1-5-7-3-9(13)16-12(7)6(2)8-4-10(14)15-11(5)8/h3-4H2,1-2H3. The largest absolute Gasteiger partial charge is 0.426 e. The van der Waals surface area contributed by atoms with Crippen molar-refractivity contribution >= 4 is 11.9 Å². The van der Waals surface area contributed by atoms with Crippen LogP contribution < -0.4 is 9.47 Å². The summed E-state index contributed by atoms with van der Waals surface area (Å²) in [5, 5.41) is 0. The van der Waals surface area contributed by atoms with Crippen molar-refractivity contribution in [1.82, 2.24) is 0 Å². The summed E-state index contributed by atoms with van der Waals surface area (Å²) in [6, 6.07) is 0. The Morgan fingerprint density at radius 1 is 0.812 bits per heavy atom. The van der Waals surface area contributed by atoms with Crippen LogP contribution in [0.3, 0.4) is 0 Å². The fourth-order valence-corrected chi connectivity index (χ4v) is 2.36. The minimum absolute atomic E-state index is 0.240. The number of fused-ring (bicyclic) bond motifs is 2. The molecule has 0 bridgehead atoms. The monoisotopic (exact) mass is 218 g/mol. The Morgan fingerprint density at radius 2 is 1.19 bits per heavy atom. The molecule has 16 heavy (non-hydrogen) atoms. The van der Waals surface area contributed by atoms with E-state index in [0.717, 1.165) is 22.3 Å². The van der Waals surface area contributed by atoms with Crippen molar-refractivity contribution in [1.29, 1.82) is 0 Å². The molecule has 0 saturated heterocycles. The van der Waals surface area contributed by atoms with Crippen LogP contribution >= 0.6 is 0 Å². The SMILES string of the molecule is Cc1c2c(c(C)c3c1OC(=O)C3)OC(=O)C2. The molecule has 0 N–H and O–H groups in total. The van der Waals surface area contributed by atoms with Crippen molar-refractivity contribution in [2.75, 3.05) is 0 Å². The first-order chi connectivity index (χ1) is 7.58. The fraction of sp³-hybridized carbons (Fsp3) is 0.333. The van der Waals surface area contributed by atoms with Gasteiger partial charge in [0, 0.05) is 11.1 Å². The first-order valence-electron chi connectivity index (χ1n) is 5.14. The Labute approximate surface area is 92.2 Å². The summed E-state index contributed by atoms with van der Waals surface area (Å²) in [4.78, 5) is 22.5. The lowest BCUT2D eigenvalue weighted by atomic mass is 9.96. The zero-order valence-corrected chi connectivity index (χ0v) is 9.05. The predicted octanol–water partition coefficient (Wildman–Crippen LogP) is 1.23. The van der Waals surface area contributed by atoms with E-state index in [4.69, 9.17) is 9.47 Å². The van der Waals surface area contributed by atoms with Crippen LogP contribution in [-0.2, 0) is 22.4 Å². The zero-order valence-electron chi connectivity index (χ0n) is 9.05. The Morgan fingerprint density at radius 3 is 1.56 bits per heavy atom. The normalized spacial score (nSPS) is 16.9. The lowest BCUT2D eigenvalue weighted by molar-refractivity contribution is -0.132. The quantitative estimate of drug-likeness (QED) is 0.485. The predicted molar refractivity (Wildman–Crippen MR) is 54.6 cm³/mol. The second-order valence-electron chi connectivity index (χ2n) is 4.17. The first kappa shape index (κ1) is 9.39. The van der Waals surface area contributed by atoms with Crippen molar-refractivity contribution < 1.29 is 19.1 Å². The third-order valence-electron chi connectivity index (χ3n) is 3.21. The Bertz CT molecular complexity index is 452. The molecule has 0 aromatic heterocycles. The summed E-state index contributed by atoms with van der Waals surface area (Å²) in [5.41, 5.74) is 3.42. The van der Waals surface area contributed by atoms with E-state index >= 15 is 0 Å². The average molecular weight is 218 g/mol. The molecule has 2 heterocycles. The number of benzene rings is 1. The highest BCUT2D eigenvalue weighted by Crippen LogP contribution is 2.43. The molecule has 1 aromatic carbocycles. The van der Waals surface area contributed by atoms with Gasteiger partial charge in [-0.15, -0.1) is 0 Å². The lowest BCUT2D eigenvalue weighted by Crippen LogP contribution is -2.02. The van der Waals surface area contributed by atoms with Crippen LogP contribution in [0, 0.1) is 13.8 Å². The van der Waals surface area contributed by atoms with E-state index in [0.29, 0.717) is 11.5 Å². The second kappa shape index (κ2) is 2.84. The molecule has 4 heteroatoms. The van der Waals surface area contributed by atoms with Gasteiger partial charge in [0.25, 0.3) is 0 Å². The van der Waals surface area contributed by atoms with Gasteiger partial charge in [-0.3, -0.25) is 9.59 Å². The minimum Gasteiger partial charge on any atom is -0.426 e. The Kier molecular flexibility index (Phi) is 1.67. The van der Waals surface area contributed by atoms with Crippen LogP contribution in [0.15, 0.2) is 0 Å². The van der Waals surface area contributed by atoms with E-state index in [-0.39, 0.29) is 24.8 Å². The maximum absolute atomic E-state index is 11.3. The van der Waals surface area contributed by atoms with Gasteiger partial charge in [-0.1, -0.05) is 0 Å². The maximum atomic E-state index is 11.3. The van der Waals surface area contributed by atoms with Crippen LogP contribution in [0.1, 0.15) is 22.3 Å². The molecule has 0 spiro atoms. The lowest BCUT2D eigenvalue weighted by Gasteiger charge is -2.10. The summed E-state index contributed by atoms with van der Waals surface area (Å²) in [6.45, 7) is 3.72. The van der Waals surface area contributed by atoms with Gasteiger partial charge < -0.3 is 9.47 Å². The topological polar surface area (TPSA) is 52.6 Å². The Balaban J connectivity index is 2.30. The number of rotatable bonds is 0. The minimum atomic E-state index is -0.240. The smallest absolute Gasteiger partial charge is 0.315 e. The Hall–Kier alpha value is -1.84. The highest BCUT2D eigenvalue weighted by atomic mass is 16.5. The van der Waals surface area contributed by atoms with Crippen LogP contribution in [-0.4, -0.2) is 11.9 Å². The van der Waals surface area contributed by atoms with E-state index in [2.05, 4.69) is 0 Å². The molecule has 2 aliphatic heterocycles. The molecule has 0 fully saturated rings. The molecule has 0 atom stereocenters. The van der Waals surface area contributed by atoms with Crippen molar-refractivity contribution in [3.05, 3.63) is 22.3 Å². The van der Waals surface area contributed by atoms with Gasteiger partial charge in [0.1, 0.15) is 11.5 Å². The van der Waals surface area contributed by atoms with Crippen LogP contribution in [0.4, 0.5) is 0 Å². The second-order valence-corrected chi connectivity index (χ2v) is 4.17. The van der Waals surface area contributed by atoms with Gasteiger partial charge >= 0.3 is 11.9 Å². The molecule has 0 unspecified atom stereocenters. The third-order valence-corrected chi connectivity index (χ3v) is 3.21. The van der Waals surface area contributed by atoms with Crippen LogP contribution in [0.5, 0.6) is 11.5 Å². The highest BCUT2D eigenvalue weighted by molar-refractivity contribution is 5.88. The summed E-state index contributed by atoms with van der Waals surface area (Å²) in [6.07, 6.45) is 0.541. The number of carbonyl (C=O) groups excluding carboxylic acids is 2. The molecule has 0 radical (unpaired) electrons. The molecule has 3 rings (SSSR count). The molecular weight excluding hydrogens is 208 g/mol. The molecule has 1 aromatic rings. The summed E-state index contributed by atoms with van der Waals surface area (Å²) in [7, 11) is 0. The number of carbonyl (C=O) groups is 2. The van der Waals surface area contributed by atoms with E-state index in [1.54, 1.807) is 0 Å². The molecule has 4 nitrogen and oxygen atoms in total.